The maximum atomic E-state index is 11.0. The molecule has 0 aliphatic rings. The van der Waals surface area contributed by atoms with Crippen LogP contribution in [0.2, 0.25) is 0 Å². The fraction of sp³-hybridized carbons (Fsp3) is 0.364. The molecule has 0 saturated heterocycles. The van der Waals surface area contributed by atoms with E-state index in [1.807, 2.05) is 0 Å². The number of aromatic carboxylic acids is 1. The lowest BCUT2D eigenvalue weighted by atomic mass is 10.1. The van der Waals surface area contributed by atoms with Gasteiger partial charge in [-0.15, -0.1) is 0 Å². The summed E-state index contributed by atoms with van der Waals surface area (Å²) in [5, 5.41) is 9.04. The Morgan fingerprint density at radius 3 is 2.00 bits per heavy atom. The molecule has 0 bridgehead atoms. The van der Waals surface area contributed by atoms with Crippen LogP contribution in [0.25, 0.3) is 0 Å². The van der Waals surface area contributed by atoms with Gasteiger partial charge in [0.05, 0.1) is 20.8 Å². The molecule has 1 rings (SSSR count). The first-order valence-electron chi connectivity index (χ1n) is 4.61. The normalized spacial score (nSPS) is 9.94. The number of benzene rings is 1. The highest BCUT2D eigenvalue weighted by atomic mass is 16.5. The lowest BCUT2D eigenvalue weighted by molar-refractivity contribution is 0.0689. The largest absolute Gasteiger partial charge is 0.496 e. The number of methoxy groups -OCH3 is 3. The second-order valence-corrected chi connectivity index (χ2v) is 3.11. The molecule has 0 heterocycles. The van der Waals surface area contributed by atoms with E-state index in [2.05, 4.69) is 0 Å². The van der Waals surface area contributed by atoms with Crippen molar-refractivity contribution in [1.82, 2.24) is 0 Å². The Hall–Kier alpha value is -1.75. The molecule has 0 saturated carbocycles. The summed E-state index contributed by atoms with van der Waals surface area (Å²) in [6, 6.07) is 3.24. The lowest BCUT2D eigenvalue weighted by Gasteiger charge is -2.12. The average molecular weight is 226 g/mol. The van der Waals surface area contributed by atoms with Crippen LogP contribution in [0.4, 0.5) is 0 Å². The quantitative estimate of drug-likeness (QED) is 0.825. The minimum Gasteiger partial charge on any atom is -0.496 e. The molecule has 1 N–H and O–H groups in total. The van der Waals surface area contributed by atoms with Gasteiger partial charge >= 0.3 is 5.97 Å². The molecule has 0 spiro atoms. The number of carboxylic acid groups (broad SMARTS) is 1. The fourth-order valence-electron chi connectivity index (χ4n) is 1.43. The van der Waals surface area contributed by atoms with Crippen LogP contribution in [0.1, 0.15) is 15.9 Å². The minimum absolute atomic E-state index is 0.0184. The van der Waals surface area contributed by atoms with E-state index < -0.39 is 5.97 Å². The van der Waals surface area contributed by atoms with E-state index in [0.29, 0.717) is 6.61 Å². The van der Waals surface area contributed by atoms with Crippen molar-refractivity contribution in [1.29, 1.82) is 0 Å². The number of ether oxygens (including phenoxy) is 3. The zero-order chi connectivity index (χ0) is 12.1. The summed E-state index contributed by atoms with van der Waals surface area (Å²) in [4.78, 5) is 11.0. The van der Waals surface area contributed by atoms with Crippen molar-refractivity contribution < 1.29 is 24.1 Å². The standard InChI is InChI=1S/C11H14O5/c1-14-6-7-4-8(15-2)10(11(12)13)9(5-7)16-3/h4-5H,6H2,1-3H3,(H,12,13). The van der Waals surface area contributed by atoms with E-state index in [1.165, 1.54) is 14.2 Å². The first-order chi connectivity index (χ1) is 7.63. The molecule has 1 aromatic rings. The molecule has 5 heteroatoms. The van der Waals surface area contributed by atoms with Gasteiger partial charge in [0, 0.05) is 7.11 Å². The van der Waals surface area contributed by atoms with Gasteiger partial charge in [-0.3, -0.25) is 0 Å². The second kappa shape index (κ2) is 5.37. The molecule has 0 aliphatic carbocycles. The van der Waals surface area contributed by atoms with E-state index in [0.717, 1.165) is 5.56 Å². The third-order valence-corrected chi connectivity index (χ3v) is 2.09. The Bertz CT molecular complexity index is 361. The number of carboxylic acids is 1. The summed E-state index contributed by atoms with van der Waals surface area (Å²) in [6.45, 7) is 0.368. The van der Waals surface area contributed by atoms with Gasteiger partial charge in [0.15, 0.2) is 0 Å². The van der Waals surface area contributed by atoms with Crippen LogP contribution in [0.15, 0.2) is 12.1 Å². The third kappa shape index (κ3) is 2.43. The zero-order valence-corrected chi connectivity index (χ0v) is 9.44. The minimum atomic E-state index is -1.09. The molecule has 0 aromatic heterocycles. The molecule has 5 nitrogen and oxygen atoms in total. The van der Waals surface area contributed by atoms with Crippen molar-refractivity contribution in [2.75, 3.05) is 21.3 Å². The molecule has 0 fully saturated rings. The van der Waals surface area contributed by atoms with E-state index >= 15 is 0 Å². The van der Waals surface area contributed by atoms with E-state index in [9.17, 15) is 4.79 Å². The molecule has 0 aliphatic heterocycles. The first kappa shape index (κ1) is 12.3. The van der Waals surface area contributed by atoms with Crippen molar-refractivity contribution in [2.45, 2.75) is 6.61 Å². The summed E-state index contributed by atoms with van der Waals surface area (Å²) >= 11 is 0. The summed E-state index contributed by atoms with van der Waals surface area (Å²) in [5.41, 5.74) is 0.811. The topological polar surface area (TPSA) is 65.0 Å². The molecule has 88 valence electrons. The van der Waals surface area contributed by atoms with Crippen LogP contribution in [0.5, 0.6) is 11.5 Å². The summed E-state index contributed by atoms with van der Waals surface area (Å²) in [6.07, 6.45) is 0. The van der Waals surface area contributed by atoms with Crippen LogP contribution >= 0.6 is 0 Å². The smallest absolute Gasteiger partial charge is 0.343 e. The predicted molar refractivity (Wildman–Crippen MR) is 57.2 cm³/mol. The molecule has 0 radical (unpaired) electrons. The van der Waals surface area contributed by atoms with Gasteiger partial charge < -0.3 is 19.3 Å². The van der Waals surface area contributed by atoms with Gasteiger partial charge in [-0.1, -0.05) is 0 Å². The van der Waals surface area contributed by atoms with Crippen molar-refractivity contribution >= 4 is 5.97 Å². The molecule has 1 aromatic carbocycles. The second-order valence-electron chi connectivity index (χ2n) is 3.11. The lowest BCUT2D eigenvalue weighted by Crippen LogP contribution is -2.05. The number of carbonyl (C=O) groups is 1. The number of hydrogen-bond acceptors (Lipinski definition) is 4. The van der Waals surface area contributed by atoms with Crippen molar-refractivity contribution in [2.24, 2.45) is 0 Å². The summed E-state index contributed by atoms with van der Waals surface area (Å²) in [7, 11) is 4.39. The summed E-state index contributed by atoms with van der Waals surface area (Å²) < 4.78 is 15.0. The number of rotatable bonds is 5. The predicted octanol–water partition coefficient (Wildman–Crippen LogP) is 1.55. The zero-order valence-electron chi connectivity index (χ0n) is 9.44. The molecular formula is C11H14O5. The Morgan fingerprint density at radius 2 is 1.69 bits per heavy atom. The Labute approximate surface area is 93.6 Å². The highest BCUT2D eigenvalue weighted by Crippen LogP contribution is 2.30. The highest BCUT2D eigenvalue weighted by molar-refractivity contribution is 5.94. The molecule has 16 heavy (non-hydrogen) atoms. The highest BCUT2D eigenvalue weighted by Gasteiger charge is 2.18. The third-order valence-electron chi connectivity index (χ3n) is 2.09. The average Bonchev–Trinajstić information content (AvgIpc) is 2.27. The maximum Gasteiger partial charge on any atom is 0.343 e. The van der Waals surface area contributed by atoms with Gasteiger partial charge in [0.1, 0.15) is 17.1 Å². The SMILES string of the molecule is COCc1cc(OC)c(C(=O)O)c(OC)c1. The van der Waals surface area contributed by atoms with Gasteiger partial charge in [-0.05, 0) is 17.7 Å². The molecule has 0 amide bonds. The van der Waals surface area contributed by atoms with Crippen LogP contribution in [-0.4, -0.2) is 32.4 Å². The number of hydrogen-bond donors (Lipinski definition) is 1. The Morgan fingerprint density at radius 1 is 1.19 bits per heavy atom. The van der Waals surface area contributed by atoms with Gasteiger partial charge in [0.25, 0.3) is 0 Å². The van der Waals surface area contributed by atoms with Crippen LogP contribution in [-0.2, 0) is 11.3 Å². The fourth-order valence-corrected chi connectivity index (χ4v) is 1.43. The Kier molecular flexibility index (Phi) is 4.13. The molecule has 0 unspecified atom stereocenters. The van der Waals surface area contributed by atoms with Crippen LogP contribution in [0.3, 0.4) is 0 Å². The van der Waals surface area contributed by atoms with E-state index in [-0.39, 0.29) is 17.1 Å². The summed E-state index contributed by atoms with van der Waals surface area (Å²) in [5.74, 6) is -0.560. The maximum absolute atomic E-state index is 11.0. The van der Waals surface area contributed by atoms with Crippen LogP contribution < -0.4 is 9.47 Å². The molecular weight excluding hydrogens is 212 g/mol. The van der Waals surface area contributed by atoms with Gasteiger partial charge in [-0.2, -0.15) is 0 Å². The van der Waals surface area contributed by atoms with Gasteiger partial charge in [0.2, 0.25) is 0 Å². The van der Waals surface area contributed by atoms with Gasteiger partial charge in [-0.25, -0.2) is 4.79 Å². The van der Waals surface area contributed by atoms with E-state index in [4.69, 9.17) is 19.3 Å². The van der Waals surface area contributed by atoms with E-state index in [1.54, 1.807) is 19.2 Å². The van der Waals surface area contributed by atoms with Crippen molar-refractivity contribution in [3.63, 3.8) is 0 Å². The Balaban J connectivity index is 3.31. The molecule has 0 atom stereocenters. The monoisotopic (exact) mass is 226 g/mol. The van der Waals surface area contributed by atoms with Crippen LogP contribution in [0, 0.1) is 0 Å². The first-order valence-corrected chi connectivity index (χ1v) is 4.61. The van der Waals surface area contributed by atoms with Crippen molar-refractivity contribution in [3.05, 3.63) is 23.3 Å². The van der Waals surface area contributed by atoms with Crippen molar-refractivity contribution in [3.8, 4) is 11.5 Å².